The second-order valence-electron chi connectivity index (χ2n) is 6.50. The second kappa shape index (κ2) is 11.5. The molecule has 1 rings (SSSR count). The summed E-state index contributed by atoms with van der Waals surface area (Å²) in [6, 6.07) is -0.530. The van der Waals surface area contributed by atoms with Gasteiger partial charge in [0.2, 0.25) is 5.91 Å². The van der Waals surface area contributed by atoms with Gasteiger partial charge in [0.1, 0.15) is 6.04 Å². The maximum atomic E-state index is 11.9. The maximum absolute atomic E-state index is 11.9. The van der Waals surface area contributed by atoms with Gasteiger partial charge in [0.25, 0.3) is 0 Å². The first-order valence-corrected chi connectivity index (χ1v) is 9.12. The Morgan fingerprint density at radius 2 is 1.64 bits per heavy atom. The van der Waals surface area contributed by atoms with Gasteiger partial charge in [-0.15, -0.1) is 0 Å². The van der Waals surface area contributed by atoms with Gasteiger partial charge in [-0.05, 0) is 26.2 Å². The van der Waals surface area contributed by atoms with Crippen LogP contribution < -0.4 is 5.32 Å². The summed E-state index contributed by atoms with van der Waals surface area (Å²) in [5.74, 6) is -0.200. The van der Waals surface area contributed by atoms with Crippen LogP contribution in [0.3, 0.4) is 0 Å². The van der Waals surface area contributed by atoms with E-state index in [0.717, 1.165) is 38.5 Å². The van der Waals surface area contributed by atoms with Gasteiger partial charge in [-0.1, -0.05) is 58.3 Å². The van der Waals surface area contributed by atoms with Crippen LogP contribution in [0, 0.1) is 5.92 Å². The van der Waals surface area contributed by atoms with Crippen molar-refractivity contribution in [3.63, 3.8) is 0 Å². The first-order valence-electron chi connectivity index (χ1n) is 9.12. The lowest BCUT2D eigenvalue weighted by Gasteiger charge is -2.16. The van der Waals surface area contributed by atoms with Crippen LogP contribution in [-0.2, 0) is 14.3 Å². The van der Waals surface area contributed by atoms with Gasteiger partial charge >= 0.3 is 5.97 Å². The number of nitrogens with one attached hydrogen (secondary N) is 1. The van der Waals surface area contributed by atoms with Crippen molar-refractivity contribution in [2.75, 3.05) is 6.61 Å². The van der Waals surface area contributed by atoms with Gasteiger partial charge < -0.3 is 10.1 Å². The Labute approximate surface area is 135 Å². The van der Waals surface area contributed by atoms with E-state index in [1.165, 1.54) is 32.1 Å². The van der Waals surface area contributed by atoms with E-state index >= 15 is 0 Å². The van der Waals surface area contributed by atoms with Crippen LogP contribution >= 0.6 is 0 Å². The fourth-order valence-corrected chi connectivity index (χ4v) is 2.94. The minimum atomic E-state index is -0.530. The molecular formula is C18H33NO3. The first-order chi connectivity index (χ1) is 10.6. The first kappa shape index (κ1) is 19.0. The number of esters is 1. The van der Waals surface area contributed by atoms with Gasteiger partial charge in [-0.2, -0.15) is 0 Å². The number of amides is 1. The average Bonchev–Trinajstić information content (AvgIpc) is 3.04. The van der Waals surface area contributed by atoms with E-state index in [1.54, 1.807) is 6.92 Å². The van der Waals surface area contributed by atoms with E-state index in [1.807, 2.05) is 0 Å². The third-order valence-electron chi connectivity index (χ3n) is 4.43. The highest BCUT2D eigenvalue weighted by atomic mass is 16.5. The zero-order valence-corrected chi connectivity index (χ0v) is 14.4. The summed E-state index contributed by atoms with van der Waals surface area (Å²) in [7, 11) is 0. The Morgan fingerprint density at radius 3 is 2.27 bits per heavy atom. The van der Waals surface area contributed by atoms with Crippen molar-refractivity contribution < 1.29 is 14.3 Å². The fraction of sp³-hybridized carbons (Fsp3) is 0.889. The zero-order valence-electron chi connectivity index (χ0n) is 14.4. The van der Waals surface area contributed by atoms with E-state index in [0.29, 0.717) is 6.61 Å². The van der Waals surface area contributed by atoms with Gasteiger partial charge in [0.15, 0.2) is 0 Å². The van der Waals surface area contributed by atoms with Crippen molar-refractivity contribution in [3.8, 4) is 0 Å². The summed E-state index contributed by atoms with van der Waals surface area (Å²) in [5, 5.41) is 2.78. The molecule has 0 bridgehead atoms. The van der Waals surface area contributed by atoms with E-state index in [9.17, 15) is 9.59 Å². The molecule has 0 radical (unpaired) electrons. The minimum Gasteiger partial charge on any atom is -0.464 e. The van der Waals surface area contributed by atoms with Crippen molar-refractivity contribution >= 4 is 11.9 Å². The van der Waals surface area contributed by atoms with Crippen LogP contribution in [-0.4, -0.2) is 24.5 Å². The average molecular weight is 311 g/mol. The van der Waals surface area contributed by atoms with Gasteiger partial charge in [-0.3, -0.25) is 4.79 Å². The molecule has 128 valence electrons. The van der Waals surface area contributed by atoms with Gasteiger partial charge in [0.05, 0.1) is 6.61 Å². The van der Waals surface area contributed by atoms with Crippen LogP contribution in [0.15, 0.2) is 0 Å². The molecule has 1 N–H and O–H groups in total. The number of carbonyl (C=O) groups is 2. The van der Waals surface area contributed by atoms with Crippen molar-refractivity contribution in [1.82, 2.24) is 5.32 Å². The summed E-state index contributed by atoms with van der Waals surface area (Å²) in [6.45, 7) is 4.39. The molecular weight excluding hydrogens is 278 g/mol. The number of carbonyl (C=O) groups excluding carboxylic acids is 2. The van der Waals surface area contributed by atoms with Gasteiger partial charge in [-0.25, -0.2) is 4.79 Å². The Kier molecular flexibility index (Phi) is 9.93. The predicted molar refractivity (Wildman–Crippen MR) is 88.5 cm³/mol. The van der Waals surface area contributed by atoms with Crippen LogP contribution in [0.4, 0.5) is 0 Å². The van der Waals surface area contributed by atoms with E-state index in [4.69, 9.17) is 4.74 Å². The quantitative estimate of drug-likeness (QED) is 0.464. The molecule has 0 aromatic heterocycles. The van der Waals surface area contributed by atoms with Gasteiger partial charge in [0, 0.05) is 5.92 Å². The molecule has 1 fully saturated rings. The monoisotopic (exact) mass is 311 g/mol. The highest BCUT2D eigenvalue weighted by Crippen LogP contribution is 2.24. The smallest absolute Gasteiger partial charge is 0.328 e. The number of hydrogen-bond donors (Lipinski definition) is 1. The Hall–Kier alpha value is -1.06. The van der Waals surface area contributed by atoms with Crippen molar-refractivity contribution in [2.24, 2.45) is 5.92 Å². The van der Waals surface area contributed by atoms with E-state index < -0.39 is 6.04 Å². The molecule has 1 aliphatic carbocycles. The zero-order chi connectivity index (χ0) is 16.2. The lowest BCUT2D eigenvalue weighted by Crippen LogP contribution is -2.42. The SMILES string of the molecule is CCCCCCCCCOC(=O)C(C)NC(=O)C1CCCC1. The molecule has 0 aliphatic heterocycles. The van der Waals surface area contributed by atoms with Crippen LogP contribution in [0.2, 0.25) is 0 Å². The third-order valence-corrected chi connectivity index (χ3v) is 4.43. The standard InChI is InChI=1S/C18H33NO3/c1-3-4-5-6-7-8-11-14-22-18(21)15(2)19-17(20)16-12-9-10-13-16/h15-16H,3-14H2,1-2H3,(H,19,20). The molecule has 1 saturated carbocycles. The summed E-state index contributed by atoms with van der Waals surface area (Å²) >= 11 is 0. The Morgan fingerprint density at radius 1 is 1.05 bits per heavy atom. The number of rotatable bonds is 11. The molecule has 1 aliphatic rings. The van der Waals surface area contributed by atoms with Crippen LogP contribution in [0.25, 0.3) is 0 Å². The Balaban J connectivity index is 2.02. The normalized spacial score (nSPS) is 16.5. The third kappa shape index (κ3) is 7.81. The number of unbranched alkanes of at least 4 members (excludes halogenated alkanes) is 6. The highest BCUT2D eigenvalue weighted by Gasteiger charge is 2.25. The van der Waals surface area contributed by atoms with Crippen molar-refractivity contribution in [3.05, 3.63) is 0 Å². The molecule has 0 heterocycles. The minimum absolute atomic E-state index is 0.0119. The largest absolute Gasteiger partial charge is 0.464 e. The van der Waals surface area contributed by atoms with E-state index in [-0.39, 0.29) is 17.8 Å². The summed E-state index contributed by atoms with van der Waals surface area (Å²) in [5.41, 5.74) is 0. The molecule has 0 aromatic carbocycles. The summed E-state index contributed by atoms with van der Waals surface area (Å²) in [6.07, 6.45) is 12.5. The van der Waals surface area contributed by atoms with E-state index in [2.05, 4.69) is 12.2 Å². The molecule has 22 heavy (non-hydrogen) atoms. The predicted octanol–water partition coefficient (Wildman–Crippen LogP) is 3.98. The molecule has 0 saturated heterocycles. The number of ether oxygens (including phenoxy) is 1. The Bertz CT molecular complexity index is 324. The van der Waals surface area contributed by atoms with Crippen LogP contribution in [0.5, 0.6) is 0 Å². The maximum Gasteiger partial charge on any atom is 0.328 e. The molecule has 1 amide bonds. The van der Waals surface area contributed by atoms with Crippen molar-refractivity contribution in [2.45, 2.75) is 90.5 Å². The molecule has 1 unspecified atom stereocenters. The fourth-order valence-electron chi connectivity index (χ4n) is 2.94. The van der Waals surface area contributed by atoms with Crippen LogP contribution in [0.1, 0.15) is 84.5 Å². The molecule has 1 atom stereocenters. The van der Waals surface area contributed by atoms with Crippen molar-refractivity contribution in [1.29, 1.82) is 0 Å². The summed E-state index contributed by atoms with van der Waals surface area (Å²) in [4.78, 5) is 23.8. The summed E-state index contributed by atoms with van der Waals surface area (Å²) < 4.78 is 5.24. The lowest BCUT2D eigenvalue weighted by molar-refractivity contribution is -0.147. The number of hydrogen-bond acceptors (Lipinski definition) is 3. The molecule has 4 heteroatoms. The highest BCUT2D eigenvalue weighted by molar-refractivity contribution is 5.85. The topological polar surface area (TPSA) is 55.4 Å². The molecule has 0 spiro atoms. The molecule has 4 nitrogen and oxygen atoms in total. The second-order valence-corrected chi connectivity index (χ2v) is 6.50. The lowest BCUT2D eigenvalue weighted by atomic mass is 10.1. The molecule has 0 aromatic rings.